The first-order valence-electron chi connectivity index (χ1n) is 5.92. The van der Waals surface area contributed by atoms with Gasteiger partial charge in [0.15, 0.2) is 0 Å². The number of carbonyl (C=O) groups excluding carboxylic acids is 1. The number of amides is 1. The summed E-state index contributed by atoms with van der Waals surface area (Å²) in [5.74, 6) is 0.873. The van der Waals surface area contributed by atoms with Crippen LogP contribution in [0.1, 0.15) is 34.6 Å². The molecule has 0 aromatic rings. The molecule has 0 aliphatic rings. The molecule has 0 atom stereocenters. The first-order chi connectivity index (χ1) is 7.72. The molecule has 3 nitrogen and oxygen atoms in total. The van der Waals surface area contributed by atoms with Gasteiger partial charge in [0.05, 0.1) is 0 Å². The number of carbonyl (C=O) groups is 1. The van der Waals surface area contributed by atoms with Crippen LogP contribution in [0.25, 0.3) is 0 Å². The zero-order valence-electron chi connectivity index (χ0n) is 11.4. The minimum atomic E-state index is -1.22. The molecule has 0 spiro atoms. The molecule has 17 heavy (non-hydrogen) atoms. The third-order valence-electron chi connectivity index (χ3n) is 2.06. The van der Waals surface area contributed by atoms with Crippen molar-refractivity contribution >= 4 is 34.5 Å². The van der Waals surface area contributed by atoms with Crippen LogP contribution in [0, 0.1) is 0 Å². The van der Waals surface area contributed by atoms with Crippen molar-refractivity contribution in [3.8, 4) is 0 Å². The van der Waals surface area contributed by atoms with E-state index in [0.717, 1.165) is 18.1 Å². The van der Waals surface area contributed by atoms with Crippen LogP contribution in [0.15, 0.2) is 0 Å². The average molecular weight is 297 g/mol. The summed E-state index contributed by atoms with van der Waals surface area (Å²) in [7, 11) is 0. The Kier molecular flexibility index (Phi) is 7.77. The van der Waals surface area contributed by atoms with E-state index in [9.17, 15) is 4.79 Å². The molecular formula is C11H24NO2PS2. The van der Waals surface area contributed by atoms with E-state index in [-0.39, 0.29) is 6.09 Å². The lowest BCUT2D eigenvalue weighted by molar-refractivity contribution is 0.0531. The van der Waals surface area contributed by atoms with Gasteiger partial charge >= 0.3 is 6.09 Å². The average Bonchev–Trinajstić information content (AvgIpc) is 2.21. The molecule has 1 amide bonds. The van der Waals surface area contributed by atoms with Crippen LogP contribution in [-0.2, 0) is 16.5 Å². The Hall–Kier alpha value is 0.270. The summed E-state index contributed by atoms with van der Waals surface area (Å²) in [6, 6.07) is 0. The van der Waals surface area contributed by atoms with Crippen molar-refractivity contribution < 1.29 is 9.53 Å². The van der Waals surface area contributed by atoms with Gasteiger partial charge in [-0.1, -0.05) is 25.7 Å². The molecule has 0 aliphatic carbocycles. The van der Waals surface area contributed by atoms with Crippen LogP contribution in [0.2, 0.25) is 0 Å². The predicted molar refractivity (Wildman–Crippen MR) is 82.1 cm³/mol. The first-order valence-corrected chi connectivity index (χ1v) is 10.7. The Morgan fingerprint density at radius 3 is 2.29 bits per heavy atom. The maximum Gasteiger partial charge on any atom is 0.407 e. The summed E-state index contributed by atoms with van der Waals surface area (Å²) >= 11 is 7.44. The molecule has 0 unspecified atom stereocenters. The highest BCUT2D eigenvalue weighted by Gasteiger charge is 2.16. The molecule has 102 valence electrons. The van der Waals surface area contributed by atoms with Crippen LogP contribution < -0.4 is 5.32 Å². The molecule has 0 radical (unpaired) electrons. The molecule has 0 aromatic heterocycles. The third-order valence-corrected chi connectivity index (χ3v) is 10.9. The van der Waals surface area contributed by atoms with Crippen molar-refractivity contribution in [2.24, 2.45) is 0 Å². The number of alkyl carbamates (subject to hydrolysis) is 1. The minimum Gasteiger partial charge on any atom is -0.444 e. The van der Waals surface area contributed by atoms with Gasteiger partial charge in [0.2, 0.25) is 0 Å². The van der Waals surface area contributed by atoms with Gasteiger partial charge in [0.25, 0.3) is 0 Å². The van der Waals surface area contributed by atoms with Crippen LogP contribution in [0.3, 0.4) is 0 Å². The lowest BCUT2D eigenvalue weighted by atomic mass is 10.2. The summed E-state index contributed by atoms with van der Waals surface area (Å²) in [6.45, 7) is 10.5. The van der Waals surface area contributed by atoms with E-state index in [1.165, 1.54) is 0 Å². The second-order valence-electron chi connectivity index (χ2n) is 4.71. The van der Waals surface area contributed by atoms with Gasteiger partial charge < -0.3 is 10.1 Å². The largest absolute Gasteiger partial charge is 0.444 e. The van der Waals surface area contributed by atoms with E-state index < -0.39 is 10.8 Å². The first kappa shape index (κ1) is 17.3. The lowest BCUT2D eigenvalue weighted by Gasteiger charge is -2.20. The number of hydrogen-bond donors (Lipinski definition) is 1. The molecule has 0 heterocycles. The highest BCUT2D eigenvalue weighted by Crippen LogP contribution is 2.57. The van der Waals surface area contributed by atoms with Crippen LogP contribution >= 0.6 is 16.6 Å². The predicted octanol–water partition coefficient (Wildman–Crippen LogP) is 3.68. The standard InChI is InChI=1S/C11H24NO2PS2/c1-6-15(16,7-2)17-9-8-12-10(13)14-11(3,4)5/h6-9H2,1-5H3,(H,12,13). The highest BCUT2D eigenvalue weighted by molar-refractivity contribution is 8.70. The van der Waals surface area contributed by atoms with E-state index in [1.807, 2.05) is 32.2 Å². The van der Waals surface area contributed by atoms with Gasteiger partial charge in [-0.25, -0.2) is 4.79 Å². The molecule has 0 saturated heterocycles. The van der Waals surface area contributed by atoms with E-state index in [2.05, 4.69) is 19.2 Å². The van der Waals surface area contributed by atoms with E-state index in [0.29, 0.717) is 6.54 Å². The fourth-order valence-corrected chi connectivity index (χ4v) is 5.46. The quantitative estimate of drug-likeness (QED) is 0.599. The van der Waals surface area contributed by atoms with E-state index in [1.54, 1.807) is 0 Å². The highest BCUT2D eigenvalue weighted by atomic mass is 32.9. The Morgan fingerprint density at radius 1 is 1.35 bits per heavy atom. The summed E-state index contributed by atoms with van der Waals surface area (Å²) in [5.41, 5.74) is -0.432. The van der Waals surface area contributed by atoms with Gasteiger partial charge in [-0.3, -0.25) is 0 Å². The molecule has 0 aliphatic heterocycles. The maximum atomic E-state index is 11.4. The minimum absolute atomic E-state index is 0.348. The topological polar surface area (TPSA) is 38.3 Å². The SMILES string of the molecule is CCP(=S)(CC)SCCNC(=O)OC(C)(C)C. The second kappa shape index (κ2) is 7.65. The third kappa shape index (κ3) is 8.92. The molecule has 6 heteroatoms. The molecular weight excluding hydrogens is 273 g/mol. The van der Waals surface area contributed by atoms with Gasteiger partial charge in [0, 0.05) is 17.5 Å². The summed E-state index contributed by atoms with van der Waals surface area (Å²) < 4.78 is 5.15. The van der Waals surface area contributed by atoms with Crippen molar-refractivity contribution in [2.75, 3.05) is 24.6 Å². The smallest absolute Gasteiger partial charge is 0.407 e. The van der Waals surface area contributed by atoms with E-state index >= 15 is 0 Å². The monoisotopic (exact) mass is 297 g/mol. The van der Waals surface area contributed by atoms with Crippen LogP contribution in [0.4, 0.5) is 4.79 Å². The van der Waals surface area contributed by atoms with Crippen molar-refractivity contribution in [2.45, 2.75) is 40.2 Å². The molecule has 1 N–H and O–H groups in total. The van der Waals surface area contributed by atoms with Crippen molar-refractivity contribution in [1.29, 1.82) is 0 Å². The maximum absolute atomic E-state index is 11.4. The number of ether oxygens (including phenoxy) is 1. The van der Waals surface area contributed by atoms with Gasteiger partial charge in [-0.05, 0) is 33.1 Å². The normalized spacial score (nSPS) is 12.3. The Labute approximate surface area is 114 Å². The van der Waals surface area contributed by atoms with Crippen LogP contribution in [0.5, 0.6) is 0 Å². The Morgan fingerprint density at radius 2 is 1.88 bits per heavy atom. The lowest BCUT2D eigenvalue weighted by Crippen LogP contribution is -2.33. The van der Waals surface area contributed by atoms with Crippen molar-refractivity contribution in [3.05, 3.63) is 0 Å². The molecule has 0 aromatic carbocycles. The van der Waals surface area contributed by atoms with E-state index in [4.69, 9.17) is 16.5 Å². The summed E-state index contributed by atoms with van der Waals surface area (Å²) in [6.07, 6.45) is 1.81. The van der Waals surface area contributed by atoms with Crippen molar-refractivity contribution in [3.63, 3.8) is 0 Å². The van der Waals surface area contributed by atoms with Crippen molar-refractivity contribution in [1.82, 2.24) is 5.32 Å². The van der Waals surface area contributed by atoms with Gasteiger partial charge in [-0.2, -0.15) is 0 Å². The molecule has 0 saturated carbocycles. The number of nitrogens with one attached hydrogen (secondary N) is 1. The zero-order chi connectivity index (χ0) is 13.5. The fraction of sp³-hybridized carbons (Fsp3) is 0.909. The Balaban J connectivity index is 3.79. The second-order valence-corrected chi connectivity index (χ2v) is 13.9. The number of rotatable bonds is 6. The molecule has 0 bridgehead atoms. The number of hydrogen-bond acceptors (Lipinski definition) is 4. The van der Waals surface area contributed by atoms with Crippen LogP contribution in [-0.4, -0.2) is 36.3 Å². The zero-order valence-corrected chi connectivity index (χ0v) is 13.9. The molecule has 0 rings (SSSR count). The fourth-order valence-electron chi connectivity index (χ4n) is 1.09. The Bertz CT molecular complexity index is 282. The molecule has 0 fully saturated rings. The van der Waals surface area contributed by atoms with Gasteiger partial charge in [-0.15, -0.1) is 11.4 Å². The van der Waals surface area contributed by atoms with Gasteiger partial charge in [0.1, 0.15) is 5.60 Å². The summed E-state index contributed by atoms with van der Waals surface area (Å²) in [4.78, 5) is 11.4. The summed E-state index contributed by atoms with van der Waals surface area (Å²) in [5, 5.41) is 1.53.